The highest BCUT2D eigenvalue weighted by atomic mass is 16.5. The smallest absolute Gasteiger partial charge is 0.346 e. The zero-order valence-electron chi connectivity index (χ0n) is 6.52. The molecule has 4 nitrogen and oxygen atoms in total. The average molecular weight is 178 g/mol. The van der Waals surface area contributed by atoms with Crippen LogP contribution in [-0.2, 0) is 0 Å². The molecule has 0 saturated carbocycles. The van der Waals surface area contributed by atoms with E-state index < -0.39 is 17.3 Å². The molecule has 0 atom stereocenters. The van der Waals surface area contributed by atoms with Gasteiger partial charge < -0.3 is 14.6 Å². The third-order valence-corrected chi connectivity index (χ3v) is 1.79. The molecule has 2 aromatic rings. The van der Waals surface area contributed by atoms with Gasteiger partial charge in [-0.25, -0.2) is 4.79 Å². The molecule has 0 aliphatic heterocycles. The number of fused-ring (bicyclic) bond motifs is 1. The highest BCUT2D eigenvalue weighted by Crippen LogP contribution is 2.30. The summed E-state index contributed by atoms with van der Waals surface area (Å²) in [5.74, 6) is -1.15. The first kappa shape index (κ1) is 7.67. The lowest BCUT2D eigenvalue weighted by atomic mass is 10.2. The second kappa shape index (κ2) is 2.52. The summed E-state index contributed by atoms with van der Waals surface area (Å²) in [6.45, 7) is 0. The van der Waals surface area contributed by atoms with Gasteiger partial charge in [0.05, 0.1) is 5.39 Å². The van der Waals surface area contributed by atoms with Gasteiger partial charge >= 0.3 is 11.6 Å². The summed E-state index contributed by atoms with van der Waals surface area (Å²) in [5, 5.41) is 18.8. The van der Waals surface area contributed by atoms with Gasteiger partial charge in [-0.1, -0.05) is 18.2 Å². The second-order valence-corrected chi connectivity index (χ2v) is 2.59. The Morgan fingerprint density at radius 2 is 1.69 bits per heavy atom. The van der Waals surface area contributed by atoms with Crippen molar-refractivity contribution in [3.8, 4) is 11.7 Å². The van der Waals surface area contributed by atoms with E-state index in [2.05, 4.69) is 4.42 Å². The number of rotatable bonds is 0. The molecule has 1 heterocycles. The monoisotopic (exact) mass is 178 g/mol. The van der Waals surface area contributed by atoms with Crippen LogP contribution in [-0.4, -0.2) is 10.2 Å². The first-order valence-electron chi connectivity index (χ1n) is 3.64. The molecule has 2 rings (SSSR count). The van der Waals surface area contributed by atoms with E-state index in [1.54, 1.807) is 12.1 Å². The molecular weight excluding hydrogens is 172 g/mol. The van der Waals surface area contributed by atoms with Gasteiger partial charge in [0.2, 0.25) is 5.75 Å². The average Bonchev–Trinajstić information content (AvgIpc) is 2.15. The molecule has 13 heavy (non-hydrogen) atoms. The van der Waals surface area contributed by atoms with Crippen LogP contribution in [0.1, 0.15) is 0 Å². The molecule has 0 aliphatic carbocycles. The van der Waals surface area contributed by atoms with Crippen LogP contribution in [0.3, 0.4) is 0 Å². The van der Waals surface area contributed by atoms with Gasteiger partial charge in [0.1, 0.15) is 0 Å². The Kier molecular flexibility index (Phi) is 1.48. The summed E-state index contributed by atoms with van der Waals surface area (Å²) < 4.78 is 4.37. The zero-order valence-corrected chi connectivity index (χ0v) is 6.52. The van der Waals surface area contributed by atoms with Crippen molar-refractivity contribution in [3.63, 3.8) is 0 Å². The van der Waals surface area contributed by atoms with Gasteiger partial charge in [-0.2, -0.15) is 0 Å². The van der Waals surface area contributed by atoms with Crippen LogP contribution in [0.4, 0.5) is 0 Å². The Bertz CT molecular complexity index is 512. The van der Waals surface area contributed by atoms with Gasteiger partial charge in [-0.15, -0.1) is 0 Å². The van der Waals surface area contributed by atoms with E-state index in [-0.39, 0.29) is 10.8 Å². The molecular formula is C9H6O4. The van der Waals surface area contributed by atoms with Crippen LogP contribution in [0.25, 0.3) is 10.8 Å². The molecule has 0 aliphatic rings. The molecule has 0 bridgehead atoms. The molecule has 1 aromatic carbocycles. The lowest BCUT2D eigenvalue weighted by Crippen LogP contribution is -1.98. The topological polar surface area (TPSA) is 70.7 Å². The van der Waals surface area contributed by atoms with Crippen molar-refractivity contribution in [1.29, 1.82) is 0 Å². The van der Waals surface area contributed by atoms with Gasteiger partial charge in [0, 0.05) is 5.39 Å². The maximum absolute atomic E-state index is 11.1. The molecule has 66 valence electrons. The number of benzene rings is 1. The fourth-order valence-corrected chi connectivity index (χ4v) is 1.17. The Labute approximate surface area is 72.7 Å². The Hall–Kier alpha value is -1.97. The van der Waals surface area contributed by atoms with Crippen molar-refractivity contribution in [2.75, 3.05) is 0 Å². The number of hydrogen-bond donors (Lipinski definition) is 2. The summed E-state index contributed by atoms with van der Waals surface area (Å²) in [4.78, 5) is 11.1. The van der Waals surface area contributed by atoms with Crippen LogP contribution < -0.4 is 5.63 Å². The van der Waals surface area contributed by atoms with E-state index in [1.807, 2.05) is 0 Å². The normalized spacial score (nSPS) is 10.5. The fraction of sp³-hybridized carbons (Fsp3) is 0. The number of hydrogen-bond acceptors (Lipinski definition) is 4. The molecule has 4 heteroatoms. The largest absolute Gasteiger partial charge is 0.501 e. The van der Waals surface area contributed by atoms with E-state index in [4.69, 9.17) is 5.11 Å². The minimum atomic E-state index is -0.747. The van der Waals surface area contributed by atoms with Crippen molar-refractivity contribution >= 4 is 10.8 Å². The second-order valence-electron chi connectivity index (χ2n) is 2.59. The Morgan fingerprint density at radius 1 is 1.08 bits per heavy atom. The quantitative estimate of drug-likeness (QED) is 0.635. The number of aromatic hydroxyl groups is 2. The van der Waals surface area contributed by atoms with E-state index in [0.717, 1.165) is 0 Å². The van der Waals surface area contributed by atoms with Crippen LogP contribution >= 0.6 is 0 Å². The first-order valence-corrected chi connectivity index (χ1v) is 3.64. The summed E-state index contributed by atoms with van der Waals surface area (Å²) in [6.07, 6.45) is 0. The summed E-state index contributed by atoms with van der Waals surface area (Å²) in [6, 6.07) is 6.35. The predicted molar refractivity (Wildman–Crippen MR) is 45.8 cm³/mol. The van der Waals surface area contributed by atoms with Gasteiger partial charge in [0.25, 0.3) is 0 Å². The molecule has 0 saturated heterocycles. The van der Waals surface area contributed by atoms with E-state index in [9.17, 15) is 9.90 Å². The molecule has 0 amide bonds. The lowest BCUT2D eigenvalue weighted by molar-refractivity contribution is 0.284. The van der Waals surface area contributed by atoms with Crippen molar-refractivity contribution in [2.45, 2.75) is 0 Å². The molecule has 0 spiro atoms. The van der Waals surface area contributed by atoms with Gasteiger partial charge in [-0.05, 0) is 6.07 Å². The molecule has 0 unspecified atom stereocenters. The van der Waals surface area contributed by atoms with Gasteiger partial charge in [0.15, 0.2) is 0 Å². The van der Waals surface area contributed by atoms with E-state index in [1.165, 1.54) is 12.1 Å². The Morgan fingerprint density at radius 3 is 2.38 bits per heavy atom. The SMILES string of the molecule is O=c1oc(O)c(O)c2ccccc12. The minimum Gasteiger partial charge on any atom is -0.501 e. The summed E-state index contributed by atoms with van der Waals surface area (Å²) >= 11 is 0. The highest BCUT2D eigenvalue weighted by Gasteiger charge is 2.10. The lowest BCUT2D eigenvalue weighted by Gasteiger charge is -1.99. The standard InChI is InChI=1S/C9H6O4/c10-7-5-3-1-2-4-6(5)8(11)13-9(7)12/h1-4,10,12H. The molecule has 0 fully saturated rings. The highest BCUT2D eigenvalue weighted by molar-refractivity contribution is 5.87. The zero-order chi connectivity index (χ0) is 9.42. The minimum absolute atomic E-state index is 0.248. The summed E-state index contributed by atoms with van der Waals surface area (Å²) in [7, 11) is 0. The van der Waals surface area contributed by atoms with Crippen molar-refractivity contribution in [1.82, 2.24) is 0 Å². The van der Waals surface area contributed by atoms with E-state index in [0.29, 0.717) is 0 Å². The van der Waals surface area contributed by atoms with Crippen molar-refractivity contribution in [3.05, 3.63) is 34.7 Å². The molecule has 2 N–H and O–H groups in total. The maximum Gasteiger partial charge on any atom is 0.346 e. The van der Waals surface area contributed by atoms with Crippen molar-refractivity contribution in [2.24, 2.45) is 0 Å². The Balaban J connectivity index is 3.06. The van der Waals surface area contributed by atoms with Crippen molar-refractivity contribution < 1.29 is 14.6 Å². The third kappa shape index (κ3) is 1.03. The summed E-state index contributed by atoms with van der Waals surface area (Å²) in [5.41, 5.74) is -0.661. The predicted octanol–water partition coefficient (Wildman–Crippen LogP) is 1.20. The van der Waals surface area contributed by atoms with Crippen LogP contribution in [0.2, 0.25) is 0 Å². The van der Waals surface area contributed by atoms with Crippen LogP contribution in [0, 0.1) is 0 Å². The maximum atomic E-state index is 11.1. The first-order chi connectivity index (χ1) is 6.20. The third-order valence-electron chi connectivity index (χ3n) is 1.79. The van der Waals surface area contributed by atoms with E-state index >= 15 is 0 Å². The van der Waals surface area contributed by atoms with Gasteiger partial charge in [-0.3, -0.25) is 0 Å². The van der Waals surface area contributed by atoms with Crippen LogP contribution in [0.15, 0.2) is 33.5 Å². The fourth-order valence-electron chi connectivity index (χ4n) is 1.17. The molecule has 1 aromatic heterocycles. The van der Waals surface area contributed by atoms with Crippen LogP contribution in [0.5, 0.6) is 11.7 Å². The molecule has 0 radical (unpaired) electrons.